The monoisotopic (exact) mass is 386 g/mol. The molecule has 8 heteroatoms. The number of ether oxygens (including phenoxy) is 1. The van der Waals surface area contributed by atoms with Gasteiger partial charge in [0, 0.05) is 32.3 Å². The second-order valence-corrected chi connectivity index (χ2v) is 6.71. The van der Waals surface area contributed by atoms with E-state index in [1.54, 1.807) is 24.0 Å². The van der Waals surface area contributed by atoms with Crippen LogP contribution >= 0.6 is 0 Å². The van der Waals surface area contributed by atoms with Crippen LogP contribution in [0.3, 0.4) is 0 Å². The molecule has 1 atom stereocenters. The van der Waals surface area contributed by atoms with Gasteiger partial charge in [-0.05, 0) is 31.9 Å². The number of hydrogen-bond acceptors (Lipinski definition) is 5. The van der Waals surface area contributed by atoms with Crippen molar-refractivity contribution >= 4 is 17.5 Å². The third-order valence-corrected chi connectivity index (χ3v) is 4.49. The lowest BCUT2D eigenvalue weighted by Gasteiger charge is -2.25. The normalized spacial score (nSPS) is 16.0. The molecule has 3 rings (SSSR count). The number of halogens is 1. The van der Waals surface area contributed by atoms with Gasteiger partial charge in [0.15, 0.2) is 0 Å². The van der Waals surface area contributed by atoms with Crippen LogP contribution in [0, 0.1) is 12.7 Å². The molecular formula is C20H23FN4O3. The van der Waals surface area contributed by atoms with Crippen LogP contribution in [0.15, 0.2) is 36.7 Å². The van der Waals surface area contributed by atoms with Gasteiger partial charge in [0.05, 0.1) is 23.7 Å². The van der Waals surface area contributed by atoms with Crippen LogP contribution < -0.4 is 5.32 Å². The minimum absolute atomic E-state index is 0.0338. The standard InChI is InChI=1S/C20H23FN4O3/c1-14-11-23-18(12-22-14)20(27)25(13-15-5-4-10-28-15)9-8-19(26)24-17-7-3-2-6-16(17)21/h2-3,6-7,11-12,15H,4-5,8-10,13H2,1H3,(H,24,26). The number of para-hydroxylation sites is 1. The van der Waals surface area contributed by atoms with Crippen molar-refractivity contribution in [3.8, 4) is 0 Å². The number of rotatable bonds is 7. The lowest BCUT2D eigenvalue weighted by atomic mass is 10.2. The first kappa shape index (κ1) is 19.9. The Morgan fingerprint density at radius 1 is 1.29 bits per heavy atom. The zero-order valence-electron chi connectivity index (χ0n) is 15.7. The zero-order chi connectivity index (χ0) is 19.9. The molecule has 1 saturated heterocycles. The van der Waals surface area contributed by atoms with E-state index in [0.29, 0.717) is 18.8 Å². The van der Waals surface area contributed by atoms with E-state index in [4.69, 9.17) is 4.74 Å². The third-order valence-electron chi connectivity index (χ3n) is 4.49. The smallest absolute Gasteiger partial charge is 0.274 e. The van der Waals surface area contributed by atoms with Crippen LogP contribution in [0.25, 0.3) is 0 Å². The summed E-state index contributed by atoms with van der Waals surface area (Å²) < 4.78 is 19.3. The average Bonchev–Trinajstić information content (AvgIpc) is 3.20. The number of carbonyl (C=O) groups excluding carboxylic acids is 2. The number of aromatic nitrogens is 2. The Hall–Kier alpha value is -2.87. The fourth-order valence-electron chi connectivity index (χ4n) is 2.99. The van der Waals surface area contributed by atoms with E-state index in [0.717, 1.165) is 12.8 Å². The number of carbonyl (C=O) groups is 2. The summed E-state index contributed by atoms with van der Waals surface area (Å²) in [5, 5.41) is 2.53. The van der Waals surface area contributed by atoms with E-state index >= 15 is 0 Å². The van der Waals surface area contributed by atoms with Crippen molar-refractivity contribution in [2.75, 3.05) is 25.0 Å². The van der Waals surface area contributed by atoms with E-state index in [9.17, 15) is 14.0 Å². The van der Waals surface area contributed by atoms with Crippen molar-refractivity contribution < 1.29 is 18.7 Å². The van der Waals surface area contributed by atoms with Gasteiger partial charge in [-0.1, -0.05) is 12.1 Å². The summed E-state index contributed by atoms with van der Waals surface area (Å²) >= 11 is 0. The van der Waals surface area contributed by atoms with Gasteiger partial charge >= 0.3 is 0 Å². The molecule has 2 heterocycles. The average molecular weight is 386 g/mol. The molecule has 0 aliphatic carbocycles. The minimum Gasteiger partial charge on any atom is -0.376 e. The first-order valence-corrected chi connectivity index (χ1v) is 9.27. The maximum absolute atomic E-state index is 13.7. The van der Waals surface area contributed by atoms with Gasteiger partial charge in [-0.25, -0.2) is 9.37 Å². The Morgan fingerprint density at radius 2 is 2.11 bits per heavy atom. The molecule has 0 spiro atoms. The predicted molar refractivity (Wildman–Crippen MR) is 101 cm³/mol. The van der Waals surface area contributed by atoms with Gasteiger partial charge in [-0.15, -0.1) is 0 Å². The van der Waals surface area contributed by atoms with Gasteiger partial charge < -0.3 is 15.0 Å². The van der Waals surface area contributed by atoms with E-state index in [1.807, 2.05) is 0 Å². The summed E-state index contributed by atoms with van der Waals surface area (Å²) in [4.78, 5) is 34.9. The summed E-state index contributed by atoms with van der Waals surface area (Å²) in [6.45, 7) is 3.01. The Bertz CT molecular complexity index is 822. The topological polar surface area (TPSA) is 84.4 Å². The van der Waals surface area contributed by atoms with Crippen molar-refractivity contribution in [1.29, 1.82) is 0 Å². The number of nitrogens with one attached hydrogen (secondary N) is 1. The molecule has 0 saturated carbocycles. The molecule has 2 aromatic rings. The van der Waals surface area contributed by atoms with Crippen molar-refractivity contribution in [3.05, 3.63) is 53.9 Å². The Labute approximate surface area is 162 Å². The predicted octanol–water partition coefficient (Wildman–Crippen LogP) is 2.57. The maximum Gasteiger partial charge on any atom is 0.274 e. The van der Waals surface area contributed by atoms with Gasteiger partial charge in [-0.2, -0.15) is 0 Å². The van der Waals surface area contributed by atoms with Crippen molar-refractivity contribution in [2.24, 2.45) is 0 Å². The highest BCUT2D eigenvalue weighted by Crippen LogP contribution is 2.16. The quantitative estimate of drug-likeness (QED) is 0.791. The molecule has 1 aromatic carbocycles. The molecule has 0 radical (unpaired) electrons. The van der Waals surface area contributed by atoms with Gasteiger partial charge in [0.2, 0.25) is 5.91 Å². The molecule has 7 nitrogen and oxygen atoms in total. The summed E-state index contributed by atoms with van der Waals surface area (Å²) in [5.74, 6) is -1.18. The highest BCUT2D eigenvalue weighted by atomic mass is 19.1. The van der Waals surface area contributed by atoms with E-state index in [-0.39, 0.29) is 42.3 Å². The number of aryl methyl sites for hydroxylation is 1. The van der Waals surface area contributed by atoms with E-state index < -0.39 is 5.82 Å². The largest absolute Gasteiger partial charge is 0.376 e. The summed E-state index contributed by atoms with van der Waals surface area (Å²) in [6.07, 6.45) is 4.75. The molecule has 0 bridgehead atoms. The van der Waals surface area contributed by atoms with Crippen molar-refractivity contribution in [1.82, 2.24) is 14.9 Å². The molecular weight excluding hydrogens is 363 g/mol. The van der Waals surface area contributed by atoms with E-state index in [2.05, 4.69) is 15.3 Å². The Morgan fingerprint density at radius 3 is 2.79 bits per heavy atom. The first-order valence-electron chi connectivity index (χ1n) is 9.27. The first-order chi connectivity index (χ1) is 13.5. The van der Waals surface area contributed by atoms with Crippen molar-refractivity contribution in [3.63, 3.8) is 0 Å². The number of benzene rings is 1. The minimum atomic E-state index is -0.502. The van der Waals surface area contributed by atoms with Gasteiger partial charge in [0.1, 0.15) is 11.5 Å². The fraction of sp³-hybridized carbons (Fsp3) is 0.400. The molecule has 1 N–H and O–H groups in total. The SMILES string of the molecule is Cc1cnc(C(=O)N(CCC(=O)Nc2ccccc2F)CC2CCCO2)cn1. The molecule has 1 unspecified atom stereocenters. The molecule has 1 aliphatic rings. The van der Waals surface area contributed by atoms with Crippen molar-refractivity contribution in [2.45, 2.75) is 32.3 Å². The fourth-order valence-corrected chi connectivity index (χ4v) is 2.99. The second kappa shape index (κ2) is 9.36. The van der Waals surface area contributed by atoms with Crippen LogP contribution in [-0.2, 0) is 9.53 Å². The molecule has 1 fully saturated rings. The Kier molecular flexibility index (Phi) is 6.65. The summed E-state index contributed by atoms with van der Waals surface area (Å²) in [7, 11) is 0. The highest BCUT2D eigenvalue weighted by molar-refractivity contribution is 5.93. The number of anilines is 1. The van der Waals surface area contributed by atoms with Crippen LogP contribution in [0.2, 0.25) is 0 Å². The maximum atomic E-state index is 13.7. The summed E-state index contributed by atoms with van der Waals surface area (Å²) in [5.41, 5.74) is 1.05. The van der Waals surface area contributed by atoms with Crippen LogP contribution in [0.1, 0.15) is 35.4 Å². The number of nitrogens with zero attached hydrogens (tertiary/aromatic N) is 3. The molecule has 1 aliphatic heterocycles. The second-order valence-electron chi connectivity index (χ2n) is 6.71. The van der Waals surface area contributed by atoms with Gasteiger partial charge in [0.25, 0.3) is 5.91 Å². The lowest BCUT2D eigenvalue weighted by Crippen LogP contribution is -2.39. The highest BCUT2D eigenvalue weighted by Gasteiger charge is 2.25. The number of amides is 2. The molecule has 1 aromatic heterocycles. The van der Waals surface area contributed by atoms with E-state index in [1.165, 1.54) is 24.5 Å². The van der Waals surface area contributed by atoms with Crippen LogP contribution in [0.4, 0.5) is 10.1 Å². The molecule has 2 amide bonds. The zero-order valence-corrected chi connectivity index (χ0v) is 15.7. The van der Waals surface area contributed by atoms with Crippen LogP contribution in [0.5, 0.6) is 0 Å². The molecule has 28 heavy (non-hydrogen) atoms. The van der Waals surface area contributed by atoms with Gasteiger partial charge in [-0.3, -0.25) is 14.6 Å². The third kappa shape index (κ3) is 5.32. The number of hydrogen-bond donors (Lipinski definition) is 1. The summed E-state index contributed by atoms with van der Waals surface area (Å²) in [6, 6.07) is 5.96. The molecule has 148 valence electrons. The Balaban J connectivity index is 1.64. The van der Waals surface area contributed by atoms with Crippen LogP contribution in [-0.4, -0.2) is 52.5 Å². The lowest BCUT2D eigenvalue weighted by molar-refractivity contribution is -0.116.